The number of aliphatic carboxylic acids is 1. The summed E-state index contributed by atoms with van der Waals surface area (Å²) in [5.74, 6) is -5.24. The molecule has 3 unspecified atom stereocenters. The van der Waals surface area contributed by atoms with Crippen LogP contribution in [0, 0.1) is 0 Å². The van der Waals surface area contributed by atoms with Crippen molar-refractivity contribution in [2.24, 2.45) is 22.9 Å². The molecule has 0 fully saturated rings. The molecule has 0 spiro atoms. The third-order valence-electron chi connectivity index (χ3n) is 4.06. The van der Waals surface area contributed by atoms with Crippen LogP contribution in [0.4, 0.5) is 0 Å². The molecule has 14 nitrogen and oxygen atoms in total. The monoisotopic (exact) mass is 445 g/mol. The summed E-state index contributed by atoms with van der Waals surface area (Å²) in [7, 11) is 0. The minimum Gasteiger partial charge on any atom is -0.480 e. The third kappa shape index (κ3) is 12.8. The van der Waals surface area contributed by atoms with Crippen LogP contribution >= 0.6 is 0 Å². The van der Waals surface area contributed by atoms with E-state index in [1.54, 1.807) is 0 Å². The highest BCUT2D eigenvalue weighted by Crippen LogP contribution is 2.05. The topological polar surface area (TPSA) is 263 Å². The molecule has 0 rings (SSSR count). The quantitative estimate of drug-likeness (QED) is 0.107. The van der Waals surface area contributed by atoms with E-state index in [1.165, 1.54) is 0 Å². The van der Waals surface area contributed by atoms with E-state index in [9.17, 15) is 28.8 Å². The van der Waals surface area contributed by atoms with Crippen LogP contribution in [0.3, 0.4) is 0 Å². The SMILES string of the molecule is NCCCCC(NC(=O)C(CCC(N)=O)NC(=O)C(N)CC(N)=O)C(=O)NCC(=O)O. The van der Waals surface area contributed by atoms with Crippen LogP contribution in [0.5, 0.6) is 0 Å². The number of hydrogen-bond acceptors (Lipinski definition) is 8. The lowest BCUT2D eigenvalue weighted by molar-refractivity contribution is -0.138. The van der Waals surface area contributed by atoms with E-state index >= 15 is 0 Å². The number of hydrogen-bond donors (Lipinski definition) is 8. The number of primary amides is 2. The maximum Gasteiger partial charge on any atom is 0.322 e. The summed E-state index contributed by atoms with van der Waals surface area (Å²) in [4.78, 5) is 69.8. The Kier molecular flexibility index (Phi) is 13.1. The Morgan fingerprint density at radius 2 is 1.39 bits per heavy atom. The summed E-state index contributed by atoms with van der Waals surface area (Å²) < 4.78 is 0. The Labute approximate surface area is 178 Å². The van der Waals surface area contributed by atoms with Crippen LogP contribution in [0.15, 0.2) is 0 Å². The summed E-state index contributed by atoms with van der Waals surface area (Å²) in [5.41, 5.74) is 21.1. The number of carbonyl (C=O) groups is 6. The van der Waals surface area contributed by atoms with E-state index in [2.05, 4.69) is 16.0 Å². The van der Waals surface area contributed by atoms with E-state index in [0.717, 1.165) is 0 Å². The molecule has 31 heavy (non-hydrogen) atoms. The van der Waals surface area contributed by atoms with Gasteiger partial charge in [-0.05, 0) is 32.2 Å². The van der Waals surface area contributed by atoms with Gasteiger partial charge in [0.1, 0.15) is 18.6 Å². The van der Waals surface area contributed by atoms with Gasteiger partial charge in [0.2, 0.25) is 29.5 Å². The van der Waals surface area contributed by atoms with Gasteiger partial charge in [0.15, 0.2) is 0 Å². The zero-order chi connectivity index (χ0) is 24.0. The molecule has 14 heteroatoms. The number of nitrogens with two attached hydrogens (primary N) is 4. The molecule has 176 valence electrons. The largest absolute Gasteiger partial charge is 0.480 e. The standard InChI is InChI=1S/C17H31N7O7/c18-6-2-1-3-10(16(30)22-8-14(27)28)24-17(31)11(4-5-12(20)25)23-15(29)9(19)7-13(21)26/h9-11H,1-8,18-19H2,(H2,20,25)(H2,21,26)(H,22,30)(H,23,29)(H,24,31)(H,27,28). The molecule has 0 aromatic heterocycles. The zero-order valence-corrected chi connectivity index (χ0v) is 17.1. The van der Waals surface area contributed by atoms with Crippen LogP contribution in [0.2, 0.25) is 0 Å². The molecule has 0 saturated heterocycles. The van der Waals surface area contributed by atoms with Gasteiger partial charge in [-0.1, -0.05) is 0 Å². The van der Waals surface area contributed by atoms with Gasteiger partial charge >= 0.3 is 5.97 Å². The number of rotatable bonds is 16. The highest BCUT2D eigenvalue weighted by atomic mass is 16.4. The number of carboxylic acids is 1. The molecule has 0 bridgehead atoms. The lowest BCUT2D eigenvalue weighted by Crippen LogP contribution is -2.56. The third-order valence-corrected chi connectivity index (χ3v) is 4.06. The minimum absolute atomic E-state index is 0.159. The second-order valence-corrected chi connectivity index (χ2v) is 6.80. The number of carbonyl (C=O) groups excluding carboxylic acids is 5. The van der Waals surface area contributed by atoms with Crippen LogP contribution in [-0.4, -0.2) is 71.8 Å². The Morgan fingerprint density at radius 3 is 1.90 bits per heavy atom. The first-order chi connectivity index (χ1) is 14.5. The molecule has 0 aliphatic heterocycles. The van der Waals surface area contributed by atoms with E-state index < -0.39 is 66.6 Å². The molecule has 0 aliphatic carbocycles. The van der Waals surface area contributed by atoms with Gasteiger partial charge < -0.3 is 44.0 Å². The first-order valence-electron chi connectivity index (χ1n) is 9.60. The smallest absolute Gasteiger partial charge is 0.322 e. The van der Waals surface area contributed by atoms with Gasteiger partial charge in [0.05, 0.1) is 12.5 Å². The van der Waals surface area contributed by atoms with Crippen molar-refractivity contribution in [3.05, 3.63) is 0 Å². The molecule has 0 saturated carbocycles. The molecule has 0 aliphatic rings. The van der Waals surface area contributed by atoms with E-state index in [-0.39, 0.29) is 19.3 Å². The molecule has 12 N–H and O–H groups in total. The van der Waals surface area contributed by atoms with Gasteiger partial charge in [-0.15, -0.1) is 0 Å². The molecule has 3 atom stereocenters. The Morgan fingerprint density at radius 1 is 0.806 bits per heavy atom. The molecular formula is C17H31N7O7. The fraction of sp³-hybridized carbons (Fsp3) is 0.647. The second-order valence-electron chi connectivity index (χ2n) is 6.80. The normalized spacial score (nSPS) is 13.4. The lowest BCUT2D eigenvalue weighted by atomic mass is 10.1. The average Bonchev–Trinajstić information content (AvgIpc) is 2.67. The van der Waals surface area contributed by atoms with E-state index in [0.29, 0.717) is 19.4 Å². The number of nitrogens with one attached hydrogen (secondary N) is 3. The van der Waals surface area contributed by atoms with Crippen molar-refractivity contribution in [1.29, 1.82) is 0 Å². The average molecular weight is 445 g/mol. The predicted octanol–water partition coefficient (Wildman–Crippen LogP) is -4.25. The van der Waals surface area contributed by atoms with Crippen LogP contribution in [0.1, 0.15) is 38.5 Å². The number of carboxylic acid groups (broad SMARTS) is 1. The van der Waals surface area contributed by atoms with Gasteiger partial charge in [0.25, 0.3) is 0 Å². The maximum atomic E-state index is 12.7. The summed E-state index contributed by atoms with van der Waals surface area (Å²) in [6, 6.07) is -3.71. The molecule has 5 amide bonds. The molecule has 0 aromatic carbocycles. The van der Waals surface area contributed by atoms with Crippen molar-refractivity contribution in [3.8, 4) is 0 Å². The summed E-state index contributed by atoms with van der Waals surface area (Å²) in [6.07, 6.45) is 0.266. The van der Waals surface area contributed by atoms with E-state index in [4.69, 9.17) is 28.0 Å². The molecule has 0 aromatic rings. The van der Waals surface area contributed by atoms with Gasteiger partial charge in [-0.3, -0.25) is 28.8 Å². The van der Waals surface area contributed by atoms with Crippen LogP contribution < -0.4 is 38.9 Å². The molecular weight excluding hydrogens is 414 g/mol. The Bertz CT molecular complexity index is 671. The highest BCUT2D eigenvalue weighted by Gasteiger charge is 2.28. The predicted molar refractivity (Wildman–Crippen MR) is 108 cm³/mol. The van der Waals surface area contributed by atoms with Crippen LogP contribution in [0.25, 0.3) is 0 Å². The molecule has 0 heterocycles. The fourth-order valence-corrected chi connectivity index (χ4v) is 2.46. The summed E-state index contributed by atoms with van der Waals surface area (Å²) in [6.45, 7) is -0.293. The number of amides is 5. The van der Waals surface area contributed by atoms with Crippen LogP contribution in [-0.2, 0) is 28.8 Å². The Hall–Kier alpha value is -3.26. The van der Waals surface area contributed by atoms with Crippen molar-refractivity contribution >= 4 is 35.5 Å². The zero-order valence-electron chi connectivity index (χ0n) is 17.1. The molecule has 0 radical (unpaired) electrons. The van der Waals surface area contributed by atoms with E-state index in [1.807, 2.05) is 0 Å². The van der Waals surface area contributed by atoms with Gasteiger partial charge in [-0.2, -0.15) is 0 Å². The van der Waals surface area contributed by atoms with Crippen molar-refractivity contribution in [2.75, 3.05) is 13.1 Å². The lowest BCUT2D eigenvalue weighted by Gasteiger charge is -2.23. The summed E-state index contributed by atoms with van der Waals surface area (Å²) in [5, 5.41) is 15.6. The van der Waals surface area contributed by atoms with Crippen molar-refractivity contribution < 1.29 is 33.9 Å². The fourth-order valence-electron chi connectivity index (χ4n) is 2.46. The maximum absolute atomic E-state index is 12.7. The first kappa shape index (κ1) is 27.7. The number of unbranched alkanes of at least 4 members (excludes halogenated alkanes) is 1. The second kappa shape index (κ2) is 14.7. The van der Waals surface area contributed by atoms with Crippen molar-refractivity contribution in [2.45, 2.75) is 56.7 Å². The van der Waals surface area contributed by atoms with Gasteiger partial charge in [-0.25, -0.2) is 0 Å². The minimum atomic E-state index is -1.32. The highest BCUT2D eigenvalue weighted by molar-refractivity contribution is 5.94. The van der Waals surface area contributed by atoms with Gasteiger partial charge in [0, 0.05) is 6.42 Å². The summed E-state index contributed by atoms with van der Waals surface area (Å²) >= 11 is 0. The first-order valence-corrected chi connectivity index (χ1v) is 9.60. The van der Waals surface area contributed by atoms with Crippen molar-refractivity contribution in [3.63, 3.8) is 0 Å². The Balaban J connectivity index is 5.30. The van der Waals surface area contributed by atoms with Crippen molar-refractivity contribution in [1.82, 2.24) is 16.0 Å².